The third kappa shape index (κ3) is 3.65. The smallest absolute Gasteiger partial charge is 0.123 e. The van der Waals surface area contributed by atoms with Gasteiger partial charge in [-0.3, -0.25) is 4.84 Å². The second-order valence-corrected chi connectivity index (χ2v) is 4.17. The van der Waals surface area contributed by atoms with E-state index in [4.69, 9.17) is 4.84 Å². The Morgan fingerprint density at radius 3 is 2.61 bits per heavy atom. The molecule has 18 heavy (non-hydrogen) atoms. The Bertz CT molecular complexity index is 487. The van der Waals surface area contributed by atoms with Crippen molar-refractivity contribution < 1.29 is 9.23 Å². The van der Waals surface area contributed by atoms with E-state index >= 15 is 0 Å². The van der Waals surface area contributed by atoms with Gasteiger partial charge in [-0.05, 0) is 30.2 Å². The summed E-state index contributed by atoms with van der Waals surface area (Å²) in [6.07, 6.45) is 0. The molecule has 1 N–H and O–H groups in total. The molecule has 2 aromatic rings. The summed E-state index contributed by atoms with van der Waals surface area (Å²) in [6, 6.07) is 16.3. The van der Waals surface area contributed by atoms with E-state index in [9.17, 15) is 4.39 Å². The first-order valence-electron chi connectivity index (χ1n) is 5.92. The molecule has 0 spiro atoms. The van der Waals surface area contributed by atoms with Crippen molar-refractivity contribution in [1.82, 2.24) is 5.48 Å². The zero-order valence-electron chi connectivity index (χ0n) is 10.3. The maximum absolute atomic E-state index is 13.0. The molecule has 0 aromatic heterocycles. The van der Waals surface area contributed by atoms with Gasteiger partial charge in [0.05, 0.1) is 12.6 Å². The minimum Gasteiger partial charge on any atom is -0.296 e. The van der Waals surface area contributed by atoms with Crippen LogP contribution in [-0.2, 0) is 11.4 Å². The Hall–Kier alpha value is -1.71. The highest BCUT2D eigenvalue weighted by Crippen LogP contribution is 2.13. The molecule has 0 amide bonds. The minimum absolute atomic E-state index is 0.0515. The summed E-state index contributed by atoms with van der Waals surface area (Å²) in [5.74, 6) is -0.232. The molecule has 0 aliphatic heterocycles. The van der Waals surface area contributed by atoms with E-state index in [1.807, 2.05) is 43.3 Å². The average molecular weight is 245 g/mol. The van der Waals surface area contributed by atoms with E-state index in [1.54, 1.807) is 6.07 Å². The Morgan fingerprint density at radius 2 is 1.89 bits per heavy atom. The van der Waals surface area contributed by atoms with Gasteiger partial charge in [0.15, 0.2) is 0 Å². The molecule has 0 bridgehead atoms. The van der Waals surface area contributed by atoms with Crippen LogP contribution in [0.5, 0.6) is 0 Å². The van der Waals surface area contributed by atoms with E-state index in [2.05, 4.69) is 5.48 Å². The summed E-state index contributed by atoms with van der Waals surface area (Å²) in [5.41, 5.74) is 4.87. The van der Waals surface area contributed by atoms with Crippen molar-refractivity contribution in [2.75, 3.05) is 0 Å². The molecule has 0 saturated heterocycles. The van der Waals surface area contributed by atoms with Crippen molar-refractivity contribution in [2.45, 2.75) is 19.6 Å². The molecule has 0 saturated carbocycles. The van der Waals surface area contributed by atoms with Crippen molar-refractivity contribution in [1.29, 1.82) is 0 Å². The Balaban J connectivity index is 1.83. The van der Waals surface area contributed by atoms with Crippen LogP contribution in [-0.4, -0.2) is 0 Å². The number of halogens is 1. The van der Waals surface area contributed by atoms with Crippen LogP contribution in [0, 0.1) is 5.82 Å². The zero-order chi connectivity index (χ0) is 12.8. The second kappa shape index (κ2) is 6.28. The highest BCUT2D eigenvalue weighted by molar-refractivity contribution is 5.19. The average Bonchev–Trinajstić information content (AvgIpc) is 2.40. The lowest BCUT2D eigenvalue weighted by atomic mass is 10.1. The van der Waals surface area contributed by atoms with Crippen LogP contribution < -0.4 is 5.48 Å². The summed E-state index contributed by atoms with van der Waals surface area (Å²) in [5, 5.41) is 0. The van der Waals surface area contributed by atoms with Crippen molar-refractivity contribution >= 4 is 0 Å². The van der Waals surface area contributed by atoms with Crippen LogP contribution in [0.4, 0.5) is 4.39 Å². The maximum atomic E-state index is 13.0. The van der Waals surface area contributed by atoms with Gasteiger partial charge in [-0.25, -0.2) is 4.39 Å². The van der Waals surface area contributed by atoms with Crippen LogP contribution in [0.2, 0.25) is 0 Å². The fraction of sp³-hybridized carbons (Fsp3) is 0.200. The van der Waals surface area contributed by atoms with E-state index < -0.39 is 0 Å². The molecule has 0 heterocycles. The number of hydrogen-bond acceptors (Lipinski definition) is 2. The Labute approximate surface area is 106 Å². The molecule has 0 radical (unpaired) electrons. The van der Waals surface area contributed by atoms with Crippen molar-refractivity contribution in [3.63, 3.8) is 0 Å². The van der Waals surface area contributed by atoms with Gasteiger partial charge in [-0.1, -0.05) is 42.5 Å². The van der Waals surface area contributed by atoms with Gasteiger partial charge >= 0.3 is 0 Å². The largest absolute Gasteiger partial charge is 0.296 e. The van der Waals surface area contributed by atoms with Crippen molar-refractivity contribution in [3.8, 4) is 0 Å². The molecule has 94 valence electrons. The zero-order valence-corrected chi connectivity index (χ0v) is 10.3. The third-order valence-corrected chi connectivity index (χ3v) is 2.69. The molecule has 0 fully saturated rings. The number of hydrogen-bond donors (Lipinski definition) is 1. The van der Waals surface area contributed by atoms with Gasteiger partial charge in [-0.15, -0.1) is 0 Å². The number of hydroxylamine groups is 1. The number of rotatable bonds is 5. The summed E-state index contributed by atoms with van der Waals surface area (Å²) in [6.45, 7) is 2.42. The van der Waals surface area contributed by atoms with Gasteiger partial charge in [0, 0.05) is 0 Å². The summed E-state index contributed by atoms with van der Waals surface area (Å²) < 4.78 is 13.0. The third-order valence-electron chi connectivity index (χ3n) is 2.69. The van der Waals surface area contributed by atoms with Crippen LogP contribution in [0.1, 0.15) is 24.1 Å². The molecule has 2 rings (SSSR count). The fourth-order valence-electron chi connectivity index (χ4n) is 1.67. The standard InChI is InChI=1S/C15H16FNO/c1-12(14-8-5-9-15(16)10-14)17-18-11-13-6-3-2-4-7-13/h2-10,12,17H,11H2,1H3. The first-order valence-corrected chi connectivity index (χ1v) is 5.92. The van der Waals surface area contributed by atoms with Crippen LogP contribution in [0.3, 0.4) is 0 Å². The predicted molar refractivity (Wildman–Crippen MR) is 69.2 cm³/mol. The molecule has 2 nitrogen and oxygen atoms in total. The first-order chi connectivity index (χ1) is 8.75. The van der Waals surface area contributed by atoms with Crippen molar-refractivity contribution in [3.05, 3.63) is 71.5 Å². The lowest BCUT2D eigenvalue weighted by Gasteiger charge is -2.14. The summed E-state index contributed by atoms with van der Waals surface area (Å²) in [7, 11) is 0. The first kappa shape index (κ1) is 12.7. The van der Waals surface area contributed by atoms with Crippen LogP contribution >= 0.6 is 0 Å². The highest BCUT2D eigenvalue weighted by Gasteiger charge is 2.05. The van der Waals surface area contributed by atoms with Gasteiger partial charge in [-0.2, -0.15) is 5.48 Å². The molecular formula is C15H16FNO. The van der Waals surface area contributed by atoms with Crippen molar-refractivity contribution in [2.24, 2.45) is 0 Å². The Kier molecular flexibility index (Phi) is 4.45. The summed E-state index contributed by atoms with van der Waals surface area (Å²) >= 11 is 0. The maximum Gasteiger partial charge on any atom is 0.123 e. The monoisotopic (exact) mass is 245 g/mol. The minimum atomic E-state index is -0.232. The predicted octanol–water partition coefficient (Wildman–Crippen LogP) is 3.61. The quantitative estimate of drug-likeness (QED) is 0.812. The molecule has 0 aliphatic rings. The van der Waals surface area contributed by atoms with E-state index in [-0.39, 0.29) is 11.9 Å². The molecule has 3 heteroatoms. The molecule has 0 aliphatic carbocycles. The molecular weight excluding hydrogens is 229 g/mol. The normalized spacial score (nSPS) is 12.3. The molecule has 1 atom stereocenters. The number of nitrogens with one attached hydrogen (secondary N) is 1. The van der Waals surface area contributed by atoms with Gasteiger partial charge in [0.25, 0.3) is 0 Å². The van der Waals surface area contributed by atoms with Crippen LogP contribution in [0.15, 0.2) is 54.6 Å². The lowest BCUT2D eigenvalue weighted by molar-refractivity contribution is 0.00693. The van der Waals surface area contributed by atoms with E-state index in [0.29, 0.717) is 6.61 Å². The molecule has 1 unspecified atom stereocenters. The van der Waals surface area contributed by atoms with Gasteiger partial charge in [0.2, 0.25) is 0 Å². The Morgan fingerprint density at radius 1 is 1.11 bits per heavy atom. The lowest BCUT2D eigenvalue weighted by Crippen LogP contribution is -2.19. The SMILES string of the molecule is CC(NOCc1ccccc1)c1cccc(F)c1. The summed E-state index contributed by atoms with van der Waals surface area (Å²) in [4.78, 5) is 5.40. The van der Waals surface area contributed by atoms with Crippen LogP contribution in [0.25, 0.3) is 0 Å². The second-order valence-electron chi connectivity index (χ2n) is 4.17. The van der Waals surface area contributed by atoms with E-state index in [0.717, 1.165) is 11.1 Å². The van der Waals surface area contributed by atoms with Gasteiger partial charge < -0.3 is 0 Å². The topological polar surface area (TPSA) is 21.3 Å². The molecule has 2 aromatic carbocycles. The fourth-order valence-corrected chi connectivity index (χ4v) is 1.67. The highest BCUT2D eigenvalue weighted by atomic mass is 19.1. The number of benzene rings is 2. The van der Waals surface area contributed by atoms with E-state index in [1.165, 1.54) is 12.1 Å². The van der Waals surface area contributed by atoms with Gasteiger partial charge in [0.1, 0.15) is 5.82 Å².